The Morgan fingerprint density at radius 3 is 2.45 bits per heavy atom. The lowest BCUT2D eigenvalue weighted by Gasteiger charge is -2.28. The van der Waals surface area contributed by atoms with Crippen molar-refractivity contribution in [3.8, 4) is 5.75 Å². The predicted molar refractivity (Wildman–Crippen MR) is 86.0 cm³/mol. The summed E-state index contributed by atoms with van der Waals surface area (Å²) in [6.07, 6.45) is 0. The Bertz CT molecular complexity index is 622. The quantitative estimate of drug-likeness (QED) is 0.941. The molecule has 4 nitrogen and oxygen atoms in total. The van der Waals surface area contributed by atoms with Crippen molar-refractivity contribution in [3.63, 3.8) is 0 Å². The largest absolute Gasteiger partial charge is 0.488 e. The highest BCUT2D eigenvalue weighted by molar-refractivity contribution is 5.97. The molecule has 0 saturated carbocycles. The predicted octanol–water partition coefficient (Wildman–Crippen LogP) is 2.31. The monoisotopic (exact) mass is 296 g/mol. The van der Waals surface area contributed by atoms with Crippen molar-refractivity contribution in [2.24, 2.45) is 0 Å². The standard InChI is InChI=1S/C18H20N2O2/c21-18(20-12-10-19-11-13-20)16-8-4-5-9-17(16)22-14-15-6-2-1-3-7-15/h1-9,19H,10-14H2. The summed E-state index contributed by atoms with van der Waals surface area (Å²) in [5.41, 5.74) is 1.73. The van der Waals surface area contributed by atoms with Crippen molar-refractivity contribution in [2.45, 2.75) is 6.61 Å². The summed E-state index contributed by atoms with van der Waals surface area (Å²) in [6.45, 7) is 3.64. The van der Waals surface area contributed by atoms with Gasteiger partial charge in [0.1, 0.15) is 12.4 Å². The molecule has 1 amide bonds. The molecule has 0 aromatic heterocycles. The molecule has 114 valence electrons. The van der Waals surface area contributed by atoms with Crippen LogP contribution in [0.25, 0.3) is 0 Å². The molecule has 1 aliphatic rings. The number of carbonyl (C=O) groups is 1. The van der Waals surface area contributed by atoms with E-state index in [2.05, 4.69) is 5.32 Å². The highest BCUT2D eigenvalue weighted by atomic mass is 16.5. The number of hydrogen-bond acceptors (Lipinski definition) is 3. The first kappa shape index (κ1) is 14.6. The number of benzene rings is 2. The summed E-state index contributed by atoms with van der Waals surface area (Å²) < 4.78 is 5.87. The maximum absolute atomic E-state index is 12.7. The van der Waals surface area contributed by atoms with Gasteiger partial charge < -0.3 is 15.0 Å². The molecule has 0 atom stereocenters. The number of nitrogens with zero attached hydrogens (tertiary/aromatic N) is 1. The number of carbonyl (C=O) groups excluding carboxylic acids is 1. The van der Waals surface area contributed by atoms with E-state index in [1.807, 2.05) is 59.5 Å². The van der Waals surface area contributed by atoms with E-state index in [9.17, 15) is 4.79 Å². The van der Waals surface area contributed by atoms with E-state index in [1.54, 1.807) is 0 Å². The maximum Gasteiger partial charge on any atom is 0.257 e. The molecule has 0 aliphatic carbocycles. The first-order chi connectivity index (χ1) is 10.8. The zero-order valence-corrected chi connectivity index (χ0v) is 12.5. The molecule has 1 N–H and O–H groups in total. The van der Waals surface area contributed by atoms with E-state index in [-0.39, 0.29) is 5.91 Å². The second-order valence-electron chi connectivity index (χ2n) is 5.31. The summed E-state index contributed by atoms with van der Waals surface area (Å²) in [6, 6.07) is 17.4. The first-order valence-electron chi connectivity index (χ1n) is 7.60. The van der Waals surface area contributed by atoms with Gasteiger partial charge in [0.2, 0.25) is 0 Å². The molecule has 1 saturated heterocycles. The van der Waals surface area contributed by atoms with Gasteiger partial charge in [0.25, 0.3) is 5.91 Å². The van der Waals surface area contributed by atoms with Gasteiger partial charge in [0, 0.05) is 26.2 Å². The van der Waals surface area contributed by atoms with Crippen molar-refractivity contribution in [1.29, 1.82) is 0 Å². The average Bonchev–Trinajstić information content (AvgIpc) is 2.61. The molecule has 0 bridgehead atoms. The van der Waals surface area contributed by atoms with E-state index in [0.717, 1.165) is 31.7 Å². The van der Waals surface area contributed by atoms with E-state index in [1.165, 1.54) is 0 Å². The van der Waals surface area contributed by atoms with Gasteiger partial charge in [-0.15, -0.1) is 0 Å². The highest BCUT2D eigenvalue weighted by Gasteiger charge is 2.20. The minimum Gasteiger partial charge on any atom is -0.488 e. The molecular formula is C18H20N2O2. The lowest BCUT2D eigenvalue weighted by atomic mass is 10.1. The fraction of sp³-hybridized carbons (Fsp3) is 0.278. The maximum atomic E-state index is 12.7. The van der Waals surface area contributed by atoms with Crippen LogP contribution < -0.4 is 10.1 Å². The summed E-state index contributed by atoms with van der Waals surface area (Å²) in [5, 5.41) is 3.26. The molecule has 4 heteroatoms. The third-order valence-electron chi connectivity index (χ3n) is 3.76. The van der Waals surface area contributed by atoms with Crippen molar-refractivity contribution >= 4 is 5.91 Å². The van der Waals surface area contributed by atoms with Crippen LogP contribution in [-0.4, -0.2) is 37.0 Å². The lowest BCUT2D eigenvalue weighted by Crippen LogP contribution is -2.46. The van der Waals surface area contributed by atoms with Crippen LogP contribution in [0.15, 0.2) is 54.6 Å². The first-order valence-corrected chi connectivity index (χ1v) is 7.60. The summed E-state index contributed by atoms with van der Waals surface area (Å²) in [4.78, 5) is 14.5. The second-order valence-corrected chi connectivity index (χ2v) is 5.31. The number of ether oxygens (including phenoxy) is 1. The molecule has 0 unspecified atom stereocenters. The Kier molecular flexibility index (Phi) is 4.71. The molecule has 3 rings (SSSR count). The molecule has 2 aromatic rings. The second kappa shape index (κ2) is 7.09. The smallest absolute Gasteiger partial charge is 0.257 e. The molecule has 2 aromatic carbocycles. The minimum atomic E-state index is 0.0464. The zero-order valence-electron chi connectivity index (χ0n) is 12.5. The molecule has 0 radical (unpaired) electrons. The Morgan fingerprint density at radius 1 is 1.00 bits per heavy atom. The van der Waals surface area contributed by atoms with Gasteiger partial charge in [-0.3, -0.25) is 4.79 Å². The summed E-state index contributed by atoms with van der Waals surface area (Å²) >= 11 is 0. The van der Waals surface area contributed by atoms with Gasteiger partial charge in [0.05, 0.1) is 5.56 Å². The number of piperazine rings is 1. The molecule has 1 heterocycles. The lowest BCUT2D eigenvalue weighted by molar-refractivity contribution is 0.0731. The van der Waals surface area contributed by atoms with Crippen LogP contribution >= 0.6 is 0 Å². The average molecular weight is 296 g/mol. The molecule has 0 spiro atoms. The van der Waals surface area contributed by atoms with Crippen LogP contribution in [0.5, 0.6) is 5.75 Å². The van der Waals surface area contributed by atoms with Crippen LogP contribution in [0.4, 0.5) is 0 Å². The number of amides is 1. The van der Waals surface area contributed by atoms with Gasteiger partial charge in [-0.1, -0.05) is 42.5 Å². The fourth-order valence-corrected chi connectivity index (χ4v) is 2.54. The number of rotatable bonds is 4. The van der Waals surface area contributed by atoms with Crippen molar-refractivity contribution in [3.05, 3.63) is 65.7 Å². The Labute approximate surface area is 130 Å². The van der Waals surface area contributed by atoms with Crippen LogP contribution in [-0.2, 0) is 6.61 Å². The van der Waals surface area contributed by atoms with Gasteiger partial charge in [-0.2, -0.15) is 0 Å². The molecule has 22 heavy (non-hydrogen) atoms. The Hall–Kier alpha value is -2.33. The van der Waals surface area contributed by atoms with E-state index in [0.29, 0.717) is 17.9 Å². The van der Waals surface area contributed by atoms with Crippen LogP contribution in [0, 0.1) is 0 Å². The van der Waals surface area contributed by atoms with Crippen LogP contribution in [0.3, 0.4) is 0 Å². The SMILES string of the molecule is O=C(c1ccccc1OCc1ccccc1)N1CCNCC1. The molecule has 1 fully saturated rings. The third kappa shape index (κ3) is 3.46. The van der Waals surface area contributed by atoms with Gasteiger partial charge in [-0.25, -0.2) is 0 Å². The van der Waals surface area contributed by atoms with Crippen LogP contribution in [0.2, 0.25) is 0 Å². The van der Waals surface area contributed by atoms with Gasteiger partial charge in [-0.05, 0) is 17.7 Å². The topological polar surface area (TPSA) is 41.6 Å². The fourth-order valence-electron chi connectivity index (χ4n) is 2.54. The van der Waals surface area contributed by atoms with Crippen molar-refractivity contribution in [2.75, 3.05) is 26.2 Å². The van der Waals surface area contributed by atoms with Crippen LogP contribution in [0.1, 0.15) is 15.9 Å². The minimum absolute atomic E-state index is 0.0464. The van der Waals surface area contributed by atoms with E-state index >= 15 is 0 Å². The summed E-state index contributed by atoms with van der Waals surface area (Å²) in [7, 11) is 0. The normalized spacial score (nSPS) is 14.6. The highest BCUT2D eigenvalue weighted by Crippen LogP contribution is 2.21. The van der Waals surface area contributed by atoms with Crippen molar-refractivity contribution < 1.29 is 9.53 Å². The molecule has 1 aliphatic heterocycles. The van der Waals surface area contributed by atoms with Crippen molar-refractivity contribution in [1.82, 2.24) is 10.2 Å². The Balaban J connectivity index is 1.73. The zero-order chi connectivity index (χ0) is 15.2. The third-order valence-corrected chi connectivity index (χ3v) is 3.76. The number of nitrogens with one attached hydrogen (secondary N) is 1. The summed E-state index contributed by atoms with van der Waals surface area (Å²) in [5.74, 6) is 0.694. The van der Waals surface area contributed by atoms with E-state index < -0.39 is 0 Å². The Morgan fingerprint density at radius 2 is 1.68 bits per heavy atom. The van der Waals surface area contributed by atoms with Gasteiger partial charge >= 0.3 is 0 Å². The number of hydrogen-bond donors (Lipinski definition) is 1. The van der Waals surface area contributed by atoms with E-state index in [4.69, 9.17) is 4.74 Å². The van der Waals surface area contributed by atoms with Gasteiger partial charge in [0.15, 0.2) is 0 Å². The number of para-hydroxylation sites is 1. The molecular weight excluding hydrogens is 276 g/mol.